The number of nitrogens with one attached hydrogen (secondary N) is 1. The molecule has 0 aliphatic heterocycles. The molecule has 0 radical (unpaired) electrons. The largest absolute Gasteiger partial charge is 0.478 e. The molecule has 1 unspecified atom stereocenters. The molecule has 0 aliphatic rings. The topological polar surface area (TPSA) is 131 Å². The van der Waals surface area contributed by atoms with E-state index >= 15 is 0 Å². The van der Waals surface area contributed by atoms with Crippen LogP contribution in [-0.2, 0) is 26.9 Å². The lowest BCUT2D eigenvalue weighted by atomic mass is 10.2. The standard InChI is InChI=1S/C21H22N4O5S2/c1-3-25-18(13-32(29,30)17-10-5-4-6-11-17)23-24-21(25)31-14(2)19(26)22-16-9-7-8-15(12-16)20(27)28/h4-12,14H,3,13H2,1-2H3,(H,22,26)(H,27,28). The maximum Gasteiger partial charge on any atom is 0.335 e. The third kappa shape index (κ3) is 5.54. The van der Waals surface area contributed by atoms with E-state index < -0.39 is 21.1 Å². The molecule has 11 heteroatoms. The van der Waals surface area contributed by atoms with Crippen LogP contribution in [0.1, 0.15) is 30.0 Å². The highest BCUT2D eigenvalue weighted by atomic mass is 32.2. The number of anilines is 1. The minimum atomic E-state index is -3.59. The summed E-state index contributed by atoms with van der Waals surface area (Å²) < 4.78 is 27.1. The fourth-order valence-electron chi connectivity index (χ4n) is 2.90. The first-order chi connectivity index (χ1) is 15.2. The second-order valence-corrected chi connectivity index (χ2v) is 10.1. The molecule has 9 nitrogen and oxygen atoms in total. The molecule has 3 rings (SSSR count). The van der Waals surface area contributed by atoms with Crippen LogP contribution in [0.15, 0.2) is 64.6 Å². The van der Waals surface area contributed by atoms with E-state index in [4.69, 9.17) is 5.11 Å². The fourth-order valence-corrected chi connectivity index (χ4v) is 5.12. The number of thioether (sulfide) groups is 1. The zero-order valence-electron chi connectivity index (χ0n) is 17.4. The number of carboxylic acid groups (broad SMARTS) is 1. The molecule has 0 bridgehead atoms. The molecule has 0 saturated carbocycles. The van der Waals surface area contributed by atoms with Gasteiger partial charge in [-0.15, -0.1) is 10.2 Å². The van der Waals surface area contributed by atoms with Crippen LogP contribution in [0.2, 0.25) is 0 Å². The van der Waals surface area contributed by atoms with Gasteiger partial charge in [-0.3, -0.25) is 4.79 Å². The monoisotopic (exact) mass is 474 g/mol. The van der Waals surface area contributed by atoms with Crippen molar-refractivity contribution in [3.05, 3.63) is 66.0 Å². The van der Waals surface area contributed by atoms with Gasteiger partial charge in [0.25, 0.3) is 0 Å². The summed E-state index contributed by atoms with van der Waals surface area (Å²) in [5, 5.41) is 19.7. The van der Waals surface area contributed by atoms with Crippen molar-refractivity contribution in [3.63, 3.8) is 0 Å². The maximum absolute atomic E-state index is 12.7. The van der Waals surface area contributed by atoms with Crippen LogP contribution in [-0.4, -0.2) is 45.4 Å². The van der Waals surface area contributed by atoms with Crippen molar-refractivity contribution in [2.75, 3.05) is 5.32 Å². The Hall–Kier alpha value is -3.18. The number of nitrogens with zero attached hydrogens (tertiary/aromatic N) is 3. The molecule has 0 aliphatic carbocycles. The molecular formula is C21H22N4O5S2. The van der Waals surface area contributed by atoms with Crippen molar-refractivity contribution in [1.82, 2.24) is 14.8 Å². The molecule has 32 heavy (non-hydrogen) atoms. The molecule has 1 amide bonds. The van der Waals surface area contributed by atoms with E-state index in [1.807, 2.05) is 6.92 Å². The molecule has 1 aromatic heterocycles. The molecule has 168 valence electrons. The zero-order chi connectivity index (χ0) is 23.3. The Kier molecular flexibility index (Phi) is 7.31. The second-order valence-electron chi connectivity index (χ2n) is 6.85. The Morgan fingerprint density at radius 1 is 1.12 bits per heavy atom. The van der Waals surface area contributed by atoms with Gasteiger partial charge in [0.05, 0.1) is 15.7 Å². The molecule has 3 aromatic rings. The van der Waals surface area contributed by atoms with Crippen molar-refractivity contribution in [2.24, 2.45) is 0 Å². The molecule has 2 aromatic carbocycles. The van der Waals surface area contributed by atoms with Crippen LogP contribution in [0.3, 0.4) is 0 Å². The average Bonchev–Trinajstić information content (AvgIpc) is 3.14. The van der Waals surface area contributed by atoms with E-state index in [-0.39, 0.29) is 22.1 Å². The van der Waals surface area contributed by atoms with Crippen LogP contribution < -0.4 is 5.32 Å². The van der Waals surface area contributed by atoms with Gasteiger partial charge in [0.2, 0.25) is 5.91 Å². The Bertz CT molecular complexity index is 1230. The average molecular weight is 475 g/mol. The minimum Gasteiger partial charge on any atom is -0.478 e. The normalized spacial score (nSPS) is 12.3. The number of hydrogen-bond acceptors (Lipinski definition) is 7. The first-order valence-corrected chi connectivity index (χ1v) is 12.2. The summed E-state index contributed by atoms with van der Waals surface area (Å²) in [6.45, 7) is 3.95. The number of aromatic nitrogens is 3. The lowest BCUT2D eigenvalue weighted by molar-refractivity contribution is -0.115. The van der Waals surface area contributed by atoms with E-state index in [0.717, 1.165) is 11.8 Å². The van der Waals surface area contributed by atoms with Crippen molar-refractivity contribution < 1.29 is 23.1 Å². The van der Waals surface area contributed by atoms with Gasteiger partial charge in [-0.1, -0.05) is 36.0 Å². The number of hydrogen-bond donors (Lipinski definition) is 2. The van der Waals surface area contributed by atoms with Gasteiger partial charge >= 0.3 is 5.97 Å². The summed E-state index contributed by atoms with van der Waals surface area (Å²) in [5.41, 5.74) is 0.437. The van der Waals surface area contributed by atoms with Crippen molar-refractivity contribution in [2.45, 2.75) is 41.4 Å². The molecule has 0 fully saturated rings. The lowest BCUT2D eigenvalue weighted by Gasteiger charge is -2.13. The SMILES string of the molecule is CCn1c(CS(=O)(=O)c2ccccc2)nnc1SC(C)C(=O)Nc1cccc(C(=O)O)c1. The molecule has 1 heterocycles. The number of carbonyl (C=O) groups excluding carboxylic acids is 1. The fraction of sp³-hybridized carbons (Fsp3) is 0.238. The van der Waals surface area contributed by atoms with Crippen molar-refractivity contribution in [3.8, 4) is 0 Å². The van der Waals surface area contributed by atoms with Crippen LogP contribution in [0, 0.1) is 0 Å². The van der Waals surface area contributed by atoms with Crippen LogP contribution in [0.25, 0.3) is 0 Å². The maximum atomic E-state index is 12.7. The number of aromatic carboxylic acids is 1. The highest BCUT2D eigenvalue weighted by Gasteiger charge is 2.23. The first kappa shape index (κ1) is 23.5. The number of sulfone groups is 1. The summed E-state index contributed by atoms with van der Waals surface area (Å²) in [5.74, 6) is -1.44. The third-order valence-corrected chi connectivity index (χ3v) is 7.27. The Morgan fingerprint density at radius 3 is 2.50 bits per heavy atom. The van der Waals surface area contributed by atoms with Crippen LogP contribution >= 0.6 is 11.8 Å². The molecule has 2 N–H and O–H groups in total. The Balaban J connectivity index is 1.72. The summed E-state index contributed by atoms with van der Waals surface area (Å²) in [7, 11) is -3.59. The van der Waals surface area contributed by atoms with Crippen molar-refractivity contribution in [1.29, 1.82) is 0 Å². The number of amides is 1. The molecular weight excluding hydrogens is 452 g/mol. The molecule has 0 spiro atoms. The number of carbonyl (C=O) groups is 2. The predicted molar refractivity (Wildman–Crippen MR) is 120 cm³/mol. The van der Waals surface area contributed by atoms with Gasteiger partial charge < -0.3 is 15.0 Å². The number of benzene rings is 2. The summed E-state index contributed by atoms with van der Waals surface area (Å²) in [6.07, 6.45) is 0. The second kappa shape index (κ2) is 9.96. The highest BCUT2D eigenvalue weighted by molar-refractivity contribution is 8.00. The van der Waals surface area contributed by atoms with Gasteiger partial charge in [-0.05, 0) is 44.2 Å². The van der Waals surface area contributed by atoms with E-state index in [2.05, 4.69) is 15.5 Å². The quantitative estimate of drug-likeness (QED) is 0.452. The Labute approximate surface area is 189 Å². The van der Waals surface area contributed by atoms with Gasteiger partial charge in [0.1, 0.15) is 11.6 Å². The predicted octanol–water partition coefficient (Wildman–Crippen LogP) is 3.09. The van der Waals surface area contributed by atoms with E-state index in [0.29, 0.717) is 23.2 Å². The van der Waals surface area contributed by atoms with Gasteiger partial charge in [-0.2, -0.15) is 0 Å². The van der Waals surface area contributed by atoms with Gasteiger partial charge in [-0.25, -0.2) is 13.2 Å². The van der Waals surface area contributed by atoms with Gasteiger partial charge in [0.15, 0.2) is 15.0 Å². The van der Waals surface area contributed by atoms with E-state index in [9.17, 15) is 18.0 Å². The number of carboxylic acids is 1. The zero-order valence-corrected chi connectivity index (χ0v) is 19.1. The summed E-state index contributed by atoms with van der Waals surface area (Å²) >= 11 is 1.14. The number of rotatable bonds is 9. The smallest absolute Gasteiger partial charge is 0.335 e. The highest BCUT2D eigenvalue weighted by Crippen LogP contribution is 2.25. The van der Waals surface area contributed by atoms with Gasteiger partial charge in [0, 0.05) is 12.2 Å². The molecule has 1 atom stereocenters. The van der Waals surface area contributed by atoms with E-state index in [1.54, 1.807) is 41.8 Å². The van der Waals surface area contributed by atoms with Crippen LogP contribution in [0.5, 0.6) is 0 Å². The minimum absolute atomic E-state index is 0.0677. The summed E-state index contributed by atoms with van der Waals surface area (Å²) in [4.78, 5) is 23.9. The first-order valence-electron chi connectivity index (χ1n) is 9.72. The Morgan fingerprint density at radius 2 is 1.84 bits per heavy atom. The summed E-state index contributed by atoms with van der Waals surface area (Å²) in [6, 6.07) is 14.1. The van der Waals surface area contributed by atoms with Crippen LogP contribution in [0.4, 0.5) is 5.69 Å². The van der Waals surface area contributed by atoms with E-state index in [1.165, 1.54) is 24.3 Å². The van der Waals surface area contributed by atoms with Crippen molar-refractivity contribution >= 4 is 39.2 Å². The lowest BCUT2D eigenvalue weighted by Crippen LogP contribution is -2.23. The third-order valence-electron chi connectivity index (χ3n) is 4.56. The molecule has 0 saturated heterocycles.